The van der Waals surface area contributed by atoms with Gasteiger partial charge in [0.2, 0.25) is 5.91 Å². The quantitative estimate of drug-likeness (QED) is 0.571. The molecule has 2 aromatic carbocycles. The molecule has 0 aromatic heterocycles. The number of allylic oxidation sites excluding steroid dienone is 1. The van der Waals surface area contributed by atoms with Crippen LogP contribution >= 0.6 is 23.4 Å². The molecule has 0 spiro atoms. The van der Waals surface area contributed by atoms with Crippen LogP contribution in [-0.2, 0) is 11.2 Å². The summed E-state index contributed by atoms with van der Waals surface area (Å²) in [5.41, 5.74) is 4.09. The number of aryl methyl sites for hydroxylation is 1. The molecule has 1 amide bonds. The number of amides is 1. The highest BCUT2D eigenvalue weighted by molar-refractivity contribution is 8.15. The molecule has 2 aromatic rings. The Bertz CT molecular complexity index is 937. The molecule has 0 N–H and O–H groups in total. The third-order valence-electron chi connectivity index (χ3n) is 4.34. The lowest BCUT2D eigenvalue weighted by molar-refractivity contribution is -0.115. The number of fused-ring (bicyclic) bond motifs is 1. The van der Waals surface area contributed by atoms with Gasteiger partial charge in [-0.2, -0.15) is 5.10 Å². The first-order valence-electron chi connectivity index (χ1n) is 8.33. The van der Waals surface area contributed by atoms with E-state index in [2.05, 4.69) is 16.3 Å². The summed E-state index contributed by atoms with van der Waals surface area (Å²) in [5, 5.41) is 9.81. The summed E-state index contributed by atoms with van der Waals surface area (Å²) in [4.78, 5) is 13.8. The smallest absolute Gasteiger partial charge is 0.243 e. The third kappa shape index (κ3) is 3.32. The molecule has 1 fully saturated rings. The predicted octanol–water partition coefficient (Wildman–Crippen LogP) is 4.70. The number of benzene rings is 2. The van der Waals surface area contributed by atoms with Crippen LogP contribution in [0, 0.1) is 0 Å². The van der Waals surface area contributed by atoms with E-state index in [-0.39, 0.29) is 5.91 Å². The molecule has 0 atom stereocenters. The highest BCUT2D eigenvalue weighted by Gasteiger charge is 2.29. The van der Waals surface area contributed by atoms with Crippen molar-refractivity contribution in [1.82, 2.24) is 0 Å². The van der Waals surface area contributed by atoms with E-state index in [0.717, 1.165) is 34.7 Å². The zero-order chi connectivity index (χ0) is 17.9. The molecule has 0 saturated carbocycles. The fourth-order valence-electron chi connectivity index (χ4n) is 3.04. The van der Waals surface area contributed by atoms with Gasteiger partial charge in [0.25, 0.3) is 0 Å². The van der Waals surface area contributed by atoms with Crippen LogP contribution in [0.2, 0.25) is 0 Å². The monoisotopic (exact) mass is 381 g/mol. The van der Waals surface area contributed by atoms with E-state index >= 15 is 0 Å². The lowest BCUT2D eigenvalue weighted by Gasteiger charge is -2.17. The summed E-state index contributed by atoms with van der Waals surface area (Å²) < 4.78 is 0. The number of carbonyl (C=O) groups excluding carboxylic acids is 1. The maximum absolute atomic E-state index is 12.2. The van der Waals surface area contributed by atoms with Crippen molar-refractivity contribution in [2.75, 3.05) is 10.7 Å². The fourth-order valence-corrected chi connectivity index (χ4v) is 4.19. The topological polar surface area (TPSA) is 45.0 Å². The normalized spacial score (nSPS) is 18.9. The summed E-state index contributed by atoms with van der Waals surface area (Å²) in [6, 6.07) is 17.6. The van der Waals surface area contributed by atoms with Gasteiger partial charge in [-0.1, -0.05) is 65.8 Å². The first kappa shape index (κ1) is 17.1. The lowest BCUT2D eigenvalue weighted by Crippen LogP contribution is -2.28. The lowest BCUT2D eigenvalue weighted by atomic mass is 9.92. The number of hydrogen-bond acceptors (Lipinski definition) is 4. The molecule has 1 heterocycles. The minimum absolute atomic E-state index is 0.0130. The van der Waals surface area contributed by atoms with Crippen LogP contribution in [0.25, 0.3) is 5.03 Å². The molecule has 1 saturated heterocycles. The number of hydrogen-bond donors (Lipinski definition) is 0. The van der Waals surface area contributed by atoms with Crippen molar-refractivity contribution in [2.45, 2.75) is 12.8 Å². The van der Waals surface area contributed by atoms with Gasteiger partial charge in [-0.3, -0.25) is 9.69 Å². The number of carbonyl (C=O) groups is 1. The number of anilines is 1. The Kier molecular flexibility index (Phi) is 4.91. The van der Waals surface area contributed by atoms with E-state index in [4.69, 9.17) is 11.6 Å². The van der Waals surface area contributed by atoms with Gasteiger partial charge in [-0.05, 0) is 41.7 Å². The average molecular weight is 382 g/mol. The Morgan fingerprint density at radius 1 is 1.04 bits per heavy atom. The minimum atomic E-state index is 0.0130. The van der Waals surface area contributed by atoms with Gasteiger partial charge < -0.3 is 0 Å². The number of amidine groups is 1. The van der Waals surface area contributed by atoms with Gasteiger partial charge in [0.05, 0.1) is 22.7 Å². The maximum atomic E-state index is 12.2. The Labute approximate surface area is 161 Å². The highest BCUT2D eigenvalue weighted by atomic mass is 35.5. The molecule has 130 valence electrons. The predicted molar refractivity (Wildman–Crippen MR) is 110 cm³/mol. The fraction of sp³-hybridized carbons (Fsp3) is 0.150. The van der Waals surface area contributed by atoms with Crippen molar-refractivity contribution in [3.05, 3.63) is 71.3 Å². The summed E-state index contributed by atoms with van der Waals surface area (Å²) in [7, 11) is 0. The second-order valence-electron chi connectivity index (χ2n) is 5.98. The molecule has 4 rings (SSSR count). The standard InChI is InChI=1S/C20H16ClN3OS/c21-19-15(11-10-14-6-4-5-9-17(14)19)12-22-23-20-24(18(25)13-26-20)16-7-2-1-3-8-16/h1-9,12H,10-11,13H2/b22-12+,23-20-. The van der Waals surface area contributed by atoms with E-state index in [1.807, 2.05) is 48.5 Å². The van der Waals surface area contributed by atoms with E-state index < -0.39 is 0 Å². The van der Waals surface area contributed by atoms with Crippen molar-refractivity contribution < 1.29 is 4.79 Å². The van der Waals surface area contributed by atoms with Crippen LogP contribution in [0.1, 0.15) is 17.5 Å². The van der Waals surface area contributed by atoms with Crippen molar-refractivity contribution in [2.24, 2.45) is 10.2 Å². The second kappa shape index (κ2) is 7.48. The first-order chi connectivity index (χ1) is 12.7. The van der Waals surface area contributed by atoms with Crippen LogP contribution in [0.4, 0.5) is 5.69 Å². The van der Waals surface area contributed by atoms with Gasteiger partial charge >= 0.3 is 0 Å². The third-order valence-corrected chi connectivity index (χ3v) is 5.70. The van der Waals surface area contributed by atoms with Crippen LogP contribution < -0.4 is 4.90 Å². The summed E-state index contributed by atoms with van der Waals surface area (Å²) >= 11 is 7.92. The molecule has 6 heteroatoms. The first-order valence-corrected chi connectivity index (χ1v) is 9.69. The van der Waals surface area contributed by atoms with Crippen LogP contribution in [0.15, 0.2) is 70.4 Å². The molecular weight excluding hydrogens is 366 g/mol. The van der Waals surface area contributed by atoms with Crippen molar-refractivity contribution in [3.63, 3.8) is 0 Å². The van der Waals surface area contributed by atoms with Crippen LogP contribution in [-0.4, -0.2) is 23.0 Å². The number of halogens is 1. The van der Waals surface area contributed by atoms with Gasteiger partial charge in [0, 0.05) is 0 Å². The van der Waals surface area contributed by atoms with Crippen molar-refractivity contribution >= 4 is 51.4 Å². The Morgan fingerprint density at radius 2 is 1.81 bits per heavy atom. The molecule has 1 aliphatic carbocycles. The molecule has 0 radical (unpaired) electrons. The van der Waals surface area contributed by atoms with Gasteiger partial charge in [0.15, 0.2) is 5.17 Å². The number of rotatable bonds is 3. The van der Waals surface area contributed by atoms with E-state index in [1.165, 1.54) is 17.3 Å². The van der Waals surface area contributed by atoms with Crippen LogP contribution in [0.5, 0.6) is 0 Å². The van der Waals surface area contributed by atoms with Crippen LogP contribution in [0.3, 0.4) is 0 Å². The van der Waals surface area contributed by atoms with Gasteiger partial charge in [-0.15, -0.1) is 5.10 Å². The summed E-state index contributed by atoms with van der Waals surface area (Å²) in [5.74, 6) is 0.388. The Hall–Kier alpha value is -2.37. The van der Waals surface area contributed by atoms with E-state index in [9.17, 15) is 4.79 Å². The molecular formula is C20H16ClN3OS. The van der Waals surface area contributed by atoms with Gasteiger partial charge in [-0.25, -0.2) is 0 Å². The molecule has 4 nitrogen and oxygen atoms in total. The largest absolute Gasteiger partial charge is 0.273 e. The number of nitrogens with zero attached hydrogens (tertiary/aromatic N) is 3. The Morgan fingerprint density at radius 3 is 2.65 bits per heavy atom. The maximum Gasteiger partial charge on any atom is 0.243 e. The number of para-hydroxylation sites is 1. The average Bonchev–Trinajstić information content (AvgIpc) is 3.05. The molecule has 2 aliphatic rings. The van der Waals surface area contributed by atoms with E-state index in [0.29, 0.717) is 10.9 Å². The zero-order valence-corrected chi connectivity index (χ0v) is 15.5. The molecule has 1 aliphatic heterocycles. The SMILES string of the molecule is O=C1CS/C(=N\N=C\C2=C(Cl)c3ccccc3CC2)N1c1ccccc1. The minimum Gasteiger partial charge on any atom is -0.273 e. The Balaban J connectivity index is 1.59. The van der Waals surface area contributed by atoms with E-state index in [1.54, 1.807) is 11.1 Å². The molecule has 26 heavy (non-hydrogen) atoms. The van der Waals surface area contributed by atoms with Crippen molar-refractivity contribution in [3.8, 4) is 0 Å². The summed E-state index contributed by atoms with van der Waals surface area (Å²) in [6.07, 6.45) is 3.48. The van der Waals surface area contributed by atoms with Gasteiger partial charge in [0.1, 0.15) is 0 Å². The zero-order valence-electron chi connectivity index (χ0n) is 13.9. The number of thioether (sulfide) groups is 1. The van der Waals surface area contributed by atoms with Crippen molar-refractivity contribution in [1.29, 1.82) is 0 Å². The summed E-state index contributed by atoms with van der Waals surface area (Å²) in [6.45, 7) is 0. The molecule has 0 unspecified atom stereocenters. The second-order valence-corrected chi connectivity index (χ2v) is 7.30. The highest BCUT2D eigenvalue weighted by Crippen LogP contribution is 2.33. The molecule has 0 bridgehead atoms.